The molecule has 1 amide bonds. The van der Waals surface area contributed by atoms with Crippen LogP contribution in [0, 0.1) is 5.92 Å². The number of aromatic nitrogens is 2. The second kappa shape index (κ2) is 6.68. The molecule has 2 heterocycles. The summed E-state index contributed by atoms with van der Waals surface area (Å²) in [5, 5.41) is 6.91. The van der Waals surface area contributed by atoms with Gasteiger partial charge in [0.25, 0.3) is 5.91 Å². The van der Waals surface area contributed by atoms with Crippen molar-refractivity contribution in [1.82, 2.24) is 15.3 Å². The van der Waals surface area contributed by atoms with Gasteiger partial charge in [0.15, 0.2) is 5.13 Å². The SMILES string of the molecule is CNC(=O)c1cc(Oc2ccc3nc(NCC4CC4)sc3c2)ccn1. The highest BCUT2D eigenvalue weighted by molar-refractivity contribution is 7.22. The largest absolute Gasteiger partial charge is 0.457 e. The van der Waals surface area contributed by atoms with Crippen molar-refractivity contribution < 1.29 is 9.53 Å². The van der Waals surface area contributed by atoms with Crippen LogP contribution in [-0.2, 0) is 0 Å². The van der Waals surface area contributed by atoms with E-state index in [0.29, 0.717) is 17.2 Å². The number of anilines is 1. The van der Waals surface area contributed by atoms with Gasteiger partial charge in [0.05, 0.1) is 10.2 Å². The smallest absolute Gasteiger partial charge is 0.269 e. The summed E-state index contributed by atoms with van der Waals surface area (Å²) in [5.74, 6) is 1.85. The monoisotopic (exact) mass is 354 g/mol. The fourth-order valence-electron chi connectivity index (χ4n) is 2.46. The van der Waals surface area contributed by atoms with E-state index in [-0.39, 0.29) is 5.91 Å². The van der Waals surface area contributed by atoms with Gasteiger partial charge < -0.3 is 15.4 Å². The number of thiazole rings is 1. The fourth-order valence-corrected chi connectivity index (χ4v) is 3.36. The van der Waals surface area contributed by atoms with E-state index in [1.54, 1.807) is 36.7 Å². The second-order valence-electron chi connectivity index (χ2n) is 6.03. The molecule has 1 aromatic carbocycles. The van der Waals surface area contributed by atoms with E-state index in [0.717, 1.165) is 27.8 Å². The highest BCUT2D eigenvalue weighted by Gasteiger charge is 2.21. The molecule has 1 saturated carbocycles. The maximum atomic E-state index is 11.7. The third-order valence-electron chi connectivity index (χ3n) is 4.03. The van der Waals surface area contributed by atoms with Crippen LogP contribution in [0.4, 0.5) is 5.13 Å². The molecule has 7 heteroatoms. The van der Waals surface area contributed by atoms with Crippen molar-refractivity contribution in [2.75, 3.05) is 18.9 Å². The molecule has 2 N–H and O–H groups in total. The van der Waals surface area contributed by atoms with Crippen molar-refractivity contribution in [3.05, 3.63) is 42.2 Å². The lowest BCUT2D eigenvalue weighted by atomic mass is 10.3. The van der Waals surface area contributed by atoms with Gasteiger partial charge in [-0.1, -0.05) is 11.3 Å². The van der Waals surface area contributed by atoms with Crippen molar-refractivity contribution in [2.24, 2.45) is 5.92 Å². The van der Waals surface area contributed by atoms with E-state index < -0.39 is 0 Å². The van der Waals surface area contributed by atoms with Crippen LogP contribution in [-0.4, -0.2) is 29.5 Å². The normalized spacial score (nSPS) is 13.6. The summed E-state index contributed by atoms with van der Waals surface area (Å²) in [7, 11) is 1.57. The van der Waals surface area contributed by atoms with Gasteiger partial charge >= 0.3 is 0 Å². The average Bonchev–Trinajstić information content (AvgIpc) is 3.38. The topological polar surface area (TPSA) is 76.1 Å². The first-order valence-corrected chi connectivity index (χ1v) is 9.03. The van der Waals surface area contributed by atoms with Crippen molar-refractivity contribution >= 4 is 32.6 Å². The summed E-state index contributed by atoms with van der Waals surface area (Å²) in [6.45, 7) is 1.00. The van der Waals surface area contributed by atoms with E-state index in [1.165, 1.54) is 12.8 Å². The number of amides is 1. The first-order chi connectivity index (χ1) is 12.2. The van der Waals surface area contributed by atoms with Crippen LogP contribution in [0.15, 0.2) is 36.5 Å². The molecule has 1 fully saturated rings. The number of benzene rings is 1. The van der Waals surface area contributed by atoms with E-state index in [4.69, 9.17) is 4.74 Å². The third-order valence-corrected chi connectivity index (χ3v) is 5.00. The predicted octanol–water partition coefficient (Wildman–Crippen LogP) is 3.67. The van der Waals surface area contributed by atoms with Crippen LogP contribution in [0.5, 0.6) is 11.5 Å². The molecule has 0 aliphatic heterocycles. The summed E-state index contributed by atoms with van der Waals surface area (Å²) in [4.78, 5) is 20.3. The summed E-state index contributed by atoms with van der Waals surface area (Å²) in [6, 6.07) is 9.15. The zero-order valence-corrected chi connectivity index (χ0v) is 14.6. The van der Waals surface area contributed by atoms with Crippen molar-refractivity contribution in [2.45, 2.75) is 12.8 Å². The van der Waals surface area contributed by atoms with E-state index in [1.807, 2.05) is 18.2 Å². The molecule has 0 radical (unpaired) electrons. The van der Waals surface area contributed by atoms with Crippen molar-refractivity contribution in [3.63, 3.8) is 0 Å². The number of pyridine rings is 1. The standard InChI is InChI=1S/C18H18N4O2S/c1-19-17(23)15-8-13(6-7-20-15)24-12-4-5-14-16(9-12)25-18(22-14)21-10-11-2-3-11/h4-9,11H,2-3,10H2,1H3,(H,19,23)(H,21,22). The van der Waals surface area contributed by atoms with E-state index >= 15 is 0 Å². The van der Waals surface area contributed by atoms with Gasteiger partial charge in [0.2, 0.25) is 0 Å². The highest BCUT2D eigenvalue weighted by atomic mass is 32.1. The number of rotatable bonds is 6. The predicted molar refractivity (Wildman–Crippen MR) is 98.5 cm³/mol. The summed E-state index contributed by atoms with van der Waals surface area (Å²) >= 11 is 1.62. The molecule has 3 aromatic rings. The Morgan fingerprint density at radius 3 is 2.92 bits per heavy atom. The Hall–Kier alpha value is -2.67. The van der Waals surface area contributed by atoms with Gasteiger partial charge in [0.1, 0.15) is 17.2 Å². The van der Waals surface area contributed by atoms with E-state index in [9.17, 15) is 4.79 Å². The number of nitrogens with one attached hydrogen (secondary N) is 2. The molecular weight excluding hydrogens is 336 g/mol. The van der Waals surface area contributed by atoms with Crippen LogP contribution in [0.2, 0.25) is 0 Å². The molecule has 1 aliphatic rings. The van der Waals surface area contributed by atoms with Gasteiger partial charge in [-0.05, 0) is 37.0 Å². The molecule has 0 bridgehead atoms. The molecule has 0 saturated heterocycles. The Labute approximate surface area is 149 Å². The van der Waals surface area contributed by atoms with Crippen LogP contribution >= 0.6 is 11.3 Å². The fraction of sp³-hybridized carbons (Fsp3) is 0.278. The number of fused-ring (bicyclic) bond motifs is 1. The Morgan fingerprint density at radius 1 is 1.28 bits per heavy atom. The number of hydrogen-bond donors (Lipinski definition) is 2. The van der Waals surface area contributed by atoms with Crippen molar-refractivity contribution in [3.8, 4) is 11.5 Å². The quantitative estimate of drug-likeness (QED) is 0.706. The number of nitrogens with zero attached hydrogens (tertiary/aromatic N) is 2. The molecule has 0 unspecified atom stereocenters. The Morgan fingerprint density at radius 2 is 2.12 bits per heavy atom. The number of carbonyl (C=O) groups excluding carboxylic acids is 1. The Bertz CT molecular complexity index is 920. The van der Waals surface area contributed by atoms with Gasteiger partial charge in [-0.2, -0.15) is 0 Å². The molecule has 6 nitrogen and oxygen atoms in total. The summed E-state index contributed by atoms with van der Waals surface area (Å²) in [5.41, 5.74) is 1.28. The molecule has 1 aliphatic carbocycles. The average molecular weight is 354 g/mol. The third kappa shape index (κ3) is 3.71. The second-order valence-corrected chi connectivity index (χ2v) is 7.06. The molecule has 0 spiro atoms. The lowest BCUT2D eigenvalue weighted by molar-refractivity contribution is 0.0958. The van der Waals surface area contributed by atoms with Crippen molar-refractivity contribution in [1.29, 1.82) is 0 Å². The molecule has 2 aromatic heterocycles. The first kappa shape index (κ1) is 15.8. The molecule has 25 heavy (non-hydrogen) atoms. The van der Waals surface area contributed by atoms with Crippen LogP contribution in [0.1, 0.15) is 23.3 Å². The van der Waals surface area contributed by atoms with Crippen LogP contribution in [0.3, 0.4) is 0 Å². The summed E-state index contributed by atoms with van der Waals surface area (Å²) in [6.07, 6.45) is 4.20. The number of carbonyl (C=O) groups is 1. The minimum absolute atomic E-state index is 0.241. The van der Waals surface area contributed by atoms with Crippen LogP contribution in [0.25, 0.3) is 10.2 Å². The minimum Gasteiger partial charge on any atom is -0.457 e. The van der Waals surface area contributed by atoms with Crippen LogP contribution < -0.4 is 15.4 Å². The Balaban J connectivity index is 1.51. The molecule has 4 rings (SSSR count). The maximum Gasteiger partial charge on any atom is 0.269 e. The molecule has 128 valence electrons. The van der Waals surface area contributed by atoms with Gasteiger partial charge in [-0.25, -0.2) is 4.98 Å². The van der Waals surface area contributed by atoms with Gasteiger partial charge in [-0.15, -0.1) is 0 Å². The zero-order chi connectivity index (χ0) is 17.2. The zero-order valence-electron chi connectivity index (χ0n) is 13.8. The summed E-state index contributed by atoms with van der Waals surface area (Å²) < 4.78 is 6.94. The lowest BCUT2D eigenvalue weighted by Crippen LogP contribution is -2.18. The number of hydrogen-bond acceptors (Lipinski definition) is 6. The Kier molecular flexibility index (Phi) is 4.23. The first-order valence-electron chi connectivity index (χ1n) is 8.22. The van der Waals surface area contributed by atoms with Gasteiger partial charge in [0, 0.05) is 31.9 Å². The minimum atomic E-state index is -0.241. The lowest BCUT2D eigenvalue weighted by Gasteiger charge is -2.06. The molecular formula is C18H18N4O2S. The van der Waals surface area contributed by atoms with E-state index in [2.05, 4.69) is 20.6 Å². The van der Waals surface area contributed by atoms with Gasteiger partial charge in [-0.3, -0.25) is 9.78 Å². The number of ether oxygens (including phenoxy) is 1. The molecule has 0 atom stereocenters. The highest BCUT2D eigenvalue weighted by Crippen LogP contribution is 2.33. The maximum absolute atomic E-state index is 11.7.